The number of carbonyl (C=O) groups is 4. The van der Waals surface area contributed by atoms with Crippen LogP contribution in [0, 0.1) is 0 Å². The Morgan fingerprint density at radius 1 is 0.410 bits per heavy atom. The first-order chi connectivity index (χ1) is 40.6. The monoisotopic (exact) mass is 1160 g/mol. The molecule has 0 bridgehead atoms. The zero-order valence-electron chi connectivity index (χ0n) is 52.7. The lowest BCUT2D eigenvalue weighted by atomic mass is 9.98. The average Bonchev–Trinajstić information content (AvgIpc) is 3.59. The highest BCUT2D eigenvalue weighted by Gasteiger charge is 2.50. The molecule has 12 nitrogen and oxygen atoms in total. The number of rotatable bonds is 57. The van der Waals surface area contributed by atoms with E-state index in [1.165, 1.54) is 103 Å². The third kappa shape index (κ3) is 47.8. The maximum atomic E-state index is 13.2. The molecule has 0 aromatic heterocycles. The largest absolute Gasteiger partial charge is 0.479 e. The molecule has 12 heteroatoms. The highest BCUT2D eigenvalue weighted by atomic mass is 16.7. The van der Waals surface area contributed by atoms with E-state index in [-0.39, 0.29) is 25.9 Å². The number of aliphatic carboxylic acids is 1. The van der Waals surface area contributed by atoms with E-state index < -0.39 is 67.3 Å². The van der Waals surface area contributed by atoms with Crippen molar-refractivity contribution in [2.24, 2.45) is 0 Å². The normalized spacial score (nSPS) is 18.1. The van der Waals surface area contributed by atoms with Gasteiger partial charge in [0.1, 0.15) is 18.8 Å². The van der Waals surface area contributed by atoms with Gasteiger partial charge in [0, 0.05) is 19.3 Å². The number of aliphatic hydroxyl groups excluding tert-OH is 2. The number of aliphatic hydroxyl groups is 2. The Morgan fingerprint density at radius 3 is 1.19 bits per heavy atom. The van der Waals surface area contributed by atoms with Crippen LogP contribution < -0.4 is 0 Å². The van der Waals surface area contributed by atoms with E-state index in [1.807, 2.05) is 0 Å². The fraction of sp³-hybridized carbons (Fsp3) is 0.746. The van der Waals surface area contributed by atoms with Gasteiger partial charge in [0.05, 0.1) is 6.61 Å². The molecule has 6 unspecified atom stereocenters. The number of carboxylic acid groups (broad SMARTS) is 1. The van der Waals surface area contributed by atoms with Crippen molar-refractivity contribution in [1.82, 2.24) is 0 Å². The molecular weight excluding hydrogens is 1040 g/mol. The maximum Gasteiger partial charge on any atom is 0.335 e. The number of carbonyl (C=O) groups excluding carboxylic acids is 3. The number of hydrogen-bond donors (Lipinski definition) is 3. The summed E-state index contributed by atoms with van der Waals surface area (Å²) < 4.78 is 28.5. The summed E-state index contributed by atoms with van der Waals surface area (Å²) in [5.74, 6) is -3.15. The Balaban J connectivity index is 2.67. The molecule has 476 valence electrons. The molecule has 1 aliphatic rings. The molecule has 1 saturated heterocycles. The van der Waals surface area contributed by atoms with E-state index in [0.29, 0.717) is 19.3 Å². The van der Waals surface area contributed by atoms with Crippen LogP contribution in [0.5, 0.6) is 0 Å². The second-order valence-electron chi connectivity index (χ2n) is 22.7. The molecule has 0 saturated carbocycles. The van der Waals surface area contributed by atoms with Gasteiger partial charge in [-0.1, -0.05) is 241 Å². The highest BCUT2D eigenvalue weighted by Crippen LogP contribution is 2.27. The van der Waals surface area contributed by atoms with Crippen molar-refractivity contribution in [2.45, 2.75) is 327 Å². The Hall–Kier alpha value is -4.10. The summed E-state index contributed by atoms with van der Waals surface area (Å²) in [6, 6.07) is 0. The van der Waals surface area contributed by atoms with Crippen LogP contribution in [-0.4, -0.2) is 89.2 Å². The van der Waals surface area contributed by atoms with Crippen LogP contribution >= 0.6 is 0 Å². The van der Waals surface area contributed by atoms with Crippen LogP contribution in [0.4, 0.5) is 0 Å². The summed E-state index contributed by atoms with van der Waals surface area (Å²) in [5, 5.41) is 31.6. The smallest absolute Gasteiger partial charge is 0.335 e. The lowest BCUT2D eigenvalue weighted by molar-refractivity contribution is -0.301. The number of unbranched alkanes of at least 4 members (excludes halogenated alkanes) is 29. The van der Waals surface area contributed by atoms with Gasteiger partial charge in [0.2, 0.25) is 0 Å². The van der Waals surface area contributed by atoms with E-state index in [4.69, 9.17) is 23.7 Å². The number of carboxylic acids is 1. The first-order valence-electron chi connectivity index (χ1n) is 33.6. The minimum atomic E-state index is -1.91. The fourth-order valence-electron chi connectivity index (χ4n) is 9.80. The Bertz CT molecular complexity index is 1760. The van der Waals surface area contributed by atoms with Gasteiger partial charge in [-0.15, -0.1) is 0 Å². The predicted octanol–water partition coefficient (Wildman–Crippen LogP) is 18.2. The van der Waals surface area contributed by atoms with E-state index in [2.05, 4.69) is 106 Å². The van der Waals surface area contributed by atoms with Gasteiger partial charge >= 0.3 is 23.9 Å². The molecule has 6 atom stereocenters. The number of esters is 3. The minimum Gasteiger partial charge on any atom is -0.479 e. The van der Waals surface area contributed by atoms with Gasteiger partial charge in [-0.25, -0.2) is 4.79 Å². The van der Waals surface area contributed by atoms with E-state index in [9.17, 15) is 34.5 Å². The maximum absolute atomic E-state index is 13.2. The van der Waals surface area contributed by atoms with Gasteiger partial charge in [-0.3, -0.25) is 14.4 Å². The Morgan fingerprint density at radius 2 is 0.759 bits per heavy atom. The van der Waals surface area contributed by atoms with Gasteiger partial charge in [0.15, 0.2) is 24.6 Å². The summed E-state index contributed by atoms with van der Waals surface area (Å²) in [6.07, 6.45) is 63.9. The first-order valence-corrected chi connectivity index (χ1v) is 33.6. The summed E-state index contributed by atoms with van der Waals surface area (Å²) in [6.45, 7) is 5.86. The average molecular weight is 1170 g/mol. The zero-order valence-corrected chi connectivity index (χ0v) is 52.7. The molecule has 1 heterocycles. The van der Waals surface area contributed by atoms with Crippen LogP contribution in [0.1, 0.15) is 290 Å². The topological polar surface area (TPSA) is 175 Å². The third-order valence-corrected chi connectivity index (χ3v) is 14.9. The lowest BCUT2D eigenvalue weighted by Gasteiger charge is -2.40. The van der Waals surface area contributed by atoms with Crippen LogP contribution in [-0.2, 0) is 42.9 Å². The molecule has 1 rings (SSSR count). The van der Waals surface area contributed by atoms with Crippen molar-refractivity contribution >= 4 is 23.9 Å². The SMILES string of the molecule is CC/C=C\C/C=C\C/C=C\C/C=C\CCCCCCC(=O)OC(COC(=O)CCCCCCCCCCC/C=C\CCCCCCCC)COC1OC(C(=O)O)C(O)C(O)C1OC(=O)CCCCCCCCC/C=C\C/C=C\CCCCC. The fourth-order valence-corrected chi connectivity index (χ4v) is 9.80. The molecule has 0 aromatic carbocycles. The van der Waals surface area contributed by atoms with Crippen molar-refractivity contribution in [3.05, 3.63) is 85.1 Å². The summed E-state index contributed by atoms with van der Waals surface area (Å²) in [7, 11) is 0. The molecule has 0 radical (unpaired) electrons. The van der Waals surface area contributed by atoms with Crippen LogP contribution in [0.3, 0.4) is 0 Å². The van der Waals surface area contributed by atoms with E-state index in [0.717, 1.165) is 128 Å². The molecule has 83 heavy (non-hydrogen) atoms. The molecule has 1 fully saturated rings. The summed E-state index contributed by atoms with van der Waals surface area (Å²) in [5.41, 5.74) is 0. The summed E-state index contributed by atoms with van der Waals surface area (Å²) in [4.78, 5) is 51.4. The highest BCUT2D eigenvalue weighted by molar-refractivity contribution is 5.74. The Kier molecular flexibility index (Phi) is 54.0. The van der Waals surface area contributed by atoms with Crippen LogP contribution in [0.2, 0.25) is 0 Å². The van der Waals surface area contributed by atoms with Gasteiger partial charge in [-0.2, -0.15) is 0 Å². The van der Waals surface area contributed by atoms with Crippen LogP contribution in [0.15, 0.2) is 85.1 Å². The molecule has 1 aliphatic heterocycles. The summed E-state index contributed by atoms with van der Waals surface area (Å²) >= 11 is 0. The second kappa shape index (κ2) is 58.3. The van der Waals surface area contributed by atoms with Gasteiger partial charge < -0.3 is 39.0 Å². The second-order valence-corrected chi connectivity index (χ2v) is 22.7. The van der Waals surface area contributed by atoms with Crippen molar-refractivity contribution < 1.29 is 58.2 Å². The number of allylic oxidation sites excluding steroid dienone is 14. The quantitative estimate of drug-likeness (QED) is 0.0228. The first kappa shape index (κ1) is 76.9. The van der Waals surface area contributed by atoms with E-state index >= 15 is 0 Å². The molecular formula is C71H120O12. The van der Waals surface area contributed by atoms with Crippen molar-refractivity contribution in [1.29, 1.82) is 0 Å². The van der Waals surface area contributed by atoms with Gasteiger partial charge in [-0.05, 0) is 116 Å². The van der Waals surface area contributed by atoms with Crippen molar-refractivity contribution in [3.63, 3.8) is 0 Å². The Labute approximate surface area is 505 Å². The zero-order chi connectivity index (χ0) is 60.3. The molecule has 0 aromatic rings. The molecule has 3 N–H and O–H groups in total. The lowest BCUT2D eigenvalue weighted by Crippen LogP contribution is -2.61. The van der Waals surface area contributed by atoms with Crippen LogP contribution in [0.25, 0.3) is 0 Å². The molecule has 0 spiro atoms. The third-order valence-electron chi connectivity index (χ3n) is 14.9. The van der Waals surface area contributed by atoms with E-state index in [1.54, 1.807) is 0 Å². The number of ether oxygens (including phenoxy) is 5. The standard InChI is InChI=1S/C71H120O12/c1-4-7-10-13-16-19-22-25-28-31-32-35-36-39-42-45-48-51-54-57-63(72)79-60-62(81-64(73)58-55-52-49-46-43-40-37-33-29-26-23-20-17-14-11-8-5-2)61-80-71-69(67(76)66(75)68(83-71)70(77)78)82-65(74)59-56-53-50-47-44-41-38-34-30-27-24-21-18-15-12-9-6-3/h8,11,17-18,20-21,25-30,37,40,62,66-69,71,75-76H,4-7,9-10,12-16,19,22-24,31-36,38-39,41-61H2,1-3H3,(H,77,78)/b11-8-,20-17-,21-18-,28-25-,29-26-,30-27-,40-37-. The number of hydrogen-bond acceptors (Lipinski definition) is 11. The van der Waals surface area contributed by atoms with Gasteiger partial charge in [0.25, 0.3) is 0 Å². The molecule has 0 amide bonds. The van der Waals surface area contributed by atoms with Crippen molar-refractivity contribution in [3.8, 4) is 0 Å². The van der Waals surface area contributed by atoms with Crippen molar-refractivity contribution in [2.75, 3.05) is 13.2 Å². The molecule has 0 aliphatic carbocycles. The predicted molar refractivity (Wildman–Crippen MR) is 340 cm³/mol. The minimum absolute atomic E-state index is 0.0462.